The fourth-order valence-corrected chi connectivity index (χ4v) is 5.56. The van der Waals surface area contributed by atoms with E-state index in [4.69, 9.17) is 4.74 Å². The van der Waals surface area contributed by atoms with Crippen molar-refractivity contribution in [3.8, 4) is 0 Å². The number of rotatable bonds is 7. The number of nitrogens with zero attached hydrogens (tertiary/aromatic N) is 2. The Kier molecular flexibility index (Phi) is 6.75. The molecule has 0 spiro atoms. The summed E-state index contributed by atoms with van der Waals surface area (Å²) in [6, 6.07) is 15.9. The SMILES string of the molecule is O=C(COC(=O)CN1C(=O)c2ccccc2S1(=O)=O)NC1CCN(Cc2ccccc2)CC1. The van der Waals surface area contributed by atoms with E-state index in [0.29, 0.717) is 4.31 Å². The summed E-state index contributed by atoms with van der Waals surface area (Å²) in [5, 5.41) is 2.85. The van der Waals surface area contributed by atoms with E-state index in [0.717, 1.165) is 32.5 Å². The molecule has 9 nitrogen and oxygen atoms in total. The molecule has 1 saturated heterocycles. The van der Waals surface area contributed by atoms with Gasteiger partial charge < -0.3 is 10.1 Å². The lowest BCUT2D eigenvalue weighted by Crippen LogP contribution is -2.45. The number of hydrogen-bond donors (Lipinski definition) is 1. The molecule has 0 aromatic heterocycles. The number of carbonyl (C=O) groups is 3. The van der Waals surface area contributed by atoms with Crippen LogP contribution in [0.1, 0.15) is 28.8 Å². The predicted octanol–water partition coefficient (Wildman–Crippen LogP) is 1.16. The van der Waals surface area contributed by atoms with E-state index in [2.05, 4.69) is 22.3 Å². The van der Waals surface area contributed by atoms with E-state index >= 15 is 0 Å². The molecule has 1 fully saturated rings. The van der Waals surface area contributed by atoms with E-state index in [1.54, 1.807) is 6.07 Å². The number of carbonyl (C=O) groups excluding carboxylic acids is 3. The van der Waals surface area contributed by atoms with Crippen LogP contribution in [0, 0.1) is 0 Å². The van der Waals surface area contributed by atoms with Crippen molar-refractivity contribution >= 4 is 27.8 Å². The highest BCUT2D eigenvalue weighted by Crippen LogP contribution is 2.29. The third-order valence-corrected chi connectivity index (χ3v) is 7.54. The van der Waals surface area contributed by atoms with E-state index in [-0.39, 0.29) is 16.5 Å². The largest absolute Gasteiger partial charge is 0.454 e. The Morgan fingerprint density at radius 1 is 1.00 bits per heavy atom. The first-order valence-corrected chi connectivity index (χ1v) is 12.2. The van der Waals surface area contributed by atoms with Gasteiger partial charge in [-0.3, -0.25) is 19.3 Å². The molecule has 2 aliphatic rings. The number of benzene rings is 2. The molecule has 2 heterocycles. The quantitative estimate of drug-likeness (QED) is 0.603. The van der Waals surface area contributed by atoms with Gasteiger partial charge in [-0.15, -0.1) is 0 Å². The van der Waals surface area contributed by atoms with Crippen molar-refractivity contribution in [1.29, 1.82) is 0 Å². The van der Waals surface area contributed by atoms with Gasteiger partial charge in [-0.25, -0.2) is 12.7 Å². The van der Waals surface area contributed by atoms with Crippen molar-refractivity contribution in [1.82, 2.24) is 14.5 Å². The first kappa shape index (κ1) is 22.9. The Balaban J connectivity index is 1.20. The third kappa shape index (κ3) is 5.23. The summed E-state index contributed by atoms with van der Waals surface area (Å²) in [5.41, 5.74) is 1.26. The molecule has 2 aliphatic heterocycles. The normalized spacial score (nSPS) is 18.1. The molecule has 0 bridgehead atoms. The molecule has 0 radical (unpaired) electrons. The number of esters is 1. The lowest BCUT2D eigenvalue weighted by atomic mass is 10.0. The Morgan fingerprint density at radius 2 is 1.67 bits per heavy atom. The Bertz CT molecular complexity index is 1140. The summed E-state index contributed by atoms with van der Waals surface area (Å²) in [4.78, 5) is 38.9. The van der Waals surface area contributed by atoms with E-state index < -0.39 is 41.0 Å². The summed E-state index contributed by atoms with van der Waals surface area (Å²) in [5.74, 6) is -2.20. The summed E-state index contributed by atoms with van der Waals surface area (Å²) in [6.07, 6.45) is 1.57. The minimum Gasteiger partial charge on any atom is -0.454 e. The van der Waals surface area contributed by atoms with Crippen LogP contribution in [-0.4, -0.2) is 67.7 Å². The summed E-state index contributed by atoms with van der Waals surface area (Å²) >= 11 is 0. The third-order valence-electron chi connectivity index (χ3n) is 5.75. The van der Waals surface area contributed by atoms with Crippen molar-refractivity contribution in [2.24, 2.45) is 0 Å². The lowest BCUT2D eigenvalue weighted by Gasteiger charge is -2.32. The van der Waals surface area contributed by atoms with Gasteiger partial charge in [-0.1, -0.05) is 42.5 Å². The van der Waals surface area contributed by atoms with Crippen LogP contribution in [0.5, 0.6) is 0 Å². The van der Waals surface area contributed by atoms with Crippen LogP contribution in [-0.2, 0) is 30.9 Å². The van der Waals surface area contributed by atoms with Gasteiger partial charge in [0.1, 0.15) is 11.4 Å². The minimum absolute atomic E-state index is 0.0154. The maximum Gasteiger partial charge on any atom is 0.327 e. The van der Waals surface area contributed by atoms with Crippen molar-refractivity contribution in [2.75, 3.05) is 26.2 Å². The molecule has 174 valence electrons. The van der Waals surface area contributed by atoms with Gasteiger partial charge in [-0.2, -0.15) is 0 Å². The number of sulfonamides is 1. The van der Waals surface area contributed by atoms with Crippen LogP contribution < -0.4 is 5.32 Å². The highest BCUT2D eigenvalue weighted by molar-refractivity contribution is 7.90. The molecule has 2 aromatic rings. The first-order chi connectivity index (χ1) is 15.8. The van der Waals surface area contributed by atoms with Gasteiger partial charge in [0, 0.05) is 25.7 Å². The molecule has 2 aromatic carbocycles. The summed E-state index contributed by atoms with van der Waals surface area (Å²) in [6.45, 7) is 1.24. The van der Waals surface area contributed by atoms with Crippen LogP contribution in [0.3, 0.4) is 0 Å². The minimum atomic E-state index is -4.10. The molecular weight excluding hydrogens is 446 g/mol. The molecule has 4 rings (SSSR count). The number of ether oxygens (including phenoxy) is 1. The predicted molar refractivity (Wildman–Crippen MR) is 119 cm³/mol. The Morgan fingerprint density at radius 3 is 2.36 bits per heavy atom. The molecule has 2 amide bonds. The molecule has 0 atom stereocenters. The maximum absolute atomic E-state index is 12.5. The monoisotopic (exact) mass is 471 g/mol. The Hall–Kier alpha value is -3.24. The van der Waals surface area contributed by atoms with Gasteiger partial charge in [0.2, 0.25) is 0 Å². The topological polar surface area (TPSA) is 113 Å². The van der Waals surface area contributed by atoms with Crippen molar-refractivity contribution in [2.45, 2.75) is 30.3 Å². The van der Waals surface area contributed by atoms with Crippen molar-refractivity contribution < 1.29 is 27.5 Å². The molecule has 0 unspecified atom stereocenters. The van der Waals surface area contributed by atoms with Crippen molar-refractivity contribution in [3.63, 3.8) is 0 Å². The smallest absolute Gasteiger partial charge is 0.327 e. The second-order valence-corrected chi connectivity index (χ2v) is 9.91. The number of fused-ring (bicyclic) bond motifs is 1. The van der Waals surface area contributed by atoms with Gasteiger partial charge >= 0.3 is 5.97 Å². The van der Waals surface area contributed by atoms with Crippen LogP contribution in [0.2, 0.25) is 0 Å². The van der Waals surface area contributed by atoms with Gasteiger partial charge in [0.15, 0.2) is 6.61 Å². The van der Waals surface area contributed by atoms with Crippen LogP contribution >= 0.6 is 0 Å². The van der Waals surface area contributed by atoms with Crippen molar-refractivity contribution in [3.05, 3.63) is 65.7 Å². The van der Waals surface area contributed by atoms with Crippen LogP contribution in [0.4, 0.5) is 0 Å². The molecule has 10 heteroatoms. The fourth-order valence-electron chi connectivity index (χ4n) is 4.04. The highest BCUT2D eigenvalue weighted by atomic mass is 32.2. The van der Waals surface area contributed by atoms with Crippen LogP contribution in [0.25, 0.3) is 0 Å². The lowest BCUT2D eigenvalue weighted by molar-refractivity contribution is -0.148. The molecule has 1 N–H and O–H groups in total. The maximum atomic E-state index is 12.5. The number of nitrogens with one attached hydrogen (secondary N) is 1. The van der Waals surface area contributed by atoms with E-state index in [1.165, 1.54) is 23.8 Å². The summed E-state index contributed by atoms with van der Waals surface area (Å²) < 4.78 is 30.4. The second-order valence-electron chi connectivity index (χ2n) is 8.08. The zero-order chi connectivity index (χ0) is 23.4. The van der Waals surface area contributed by atoms with E-state index in [1.807, 2.05) is 18.2 Å². The molecular formula is C23H25N3O6S. The average molecular weight is 472 g/mol. The summed E-state index contributed by atoms with van der Waals surface area (Å²) in [7, 11) is -4.10. The Labute approximate surface area is 192 Å². The van der Waals surface area contributed by atoms with E-state index in [9.17, 15) is 22.8 Å². The number of hydrogen-bond acceptors (Lipinski definition) is 7. The van der Waals surface area contributed by atoms with Gasteiger partial charge in [-0.05, 0) is 30.5 Å². The zero-order valence-electron chi connectivity index (χ0n) is 18.0. The molecule has 0 saturated carbocycles. The van der Waals surface area contributed by atoms with Crippen LogP contribution in [0.15, 0.2) is 59.5 Å². The first-order valence-electron chi connectivity index (χ1n) is 10.7. The molecule has 0 aliphatic carbocycles. The number of piperidine rings is 1. The van der Waals surface area contributed by atoms with Gasteiger partial charge in [0.25, 0.3) is 21.8 Å². The zero-order valence-corrected chi connectivity index (χ0v) is 18.8. The molecule has 33 heavy (non-hydrogen) atoms. The highest BCUT2D eigenvalue weighted by Gasteiger charge is 2.42. The second kappa shape index (κ2) is 9.72. The van der Waals surface area contributed by atoms with Gasteiger partial charge in [0.05, 0.1) is 5.56 Å². The average Bonchev–Trinajstić information content (AvgIpc) is 3.00. The number of likely N-dealkylation sites (tertiary alicyclic amines) is 1. The fraction of sp³-hybridized carbons (Fsp3) is 0.348. The number of amides is 2. The standard InChI is InChI=1S/C23H25N3O6S/c27-21(24-18-10-12-25(13-11-18)14-17-6-2-1-3-7-17)16-32-22(28)15-26-23(29)19-8-4-5-9-20(19)33(26,30)31/h1-9,18H,10-16H2,(H,24,27).